The second-order valence-corrected chi connectivity index (χ2v) is 8.94. The van der Waals surface area contributed by atoms with Crippen LogP contribution < -0.4 is 9.47 Å². The molecule has 4 rings (SSSR count). The van der Waals surface area contributed by atoms with E-state index < -0.39 is 5.97 Å². The molecule has 0 fully saturated rings. The Labute approximate surface area is 203 Å². The molecule has 1 aromatic heterocycles. The largest absolute Gasteiger partial charge is 0.493 e. The number of methoxy groups -OCH3 is 1. The Morgan fingerprint density at radius 1 is 1.21 bits per heavy atom. The van der Waals surface area contributed by atoms with Crippen LogP contribution in [0, 0.1) is 6.92 Å². The van der Waals surface area contributed by atoms with E-state index in [1.807, 2.05) is 24.3 Å². The summed E-state index contributed by atoms with van der Waals surface area (Å²) in [7, 11) is 1.54. The first-order valence-electron chi connectivity index (χ1n) is 9.93. The molecule has 1 heterocycles. The highest BCUT2D eigenvalue weighted by molar-refractivity contribution is 9.10. The summed E-state index contributed by atoms with van der Waals surface area (Å²) in [6.07, 6.45) is 1.54. The number of aromatic amines is 1. The van der Waals surface area contributed by atoms with E-state index in [1.54, 1.807) is 32.2 Å². The van der Waals surface area contributed by atoms with Crippen LogP contribution in [0.3, 0.4) is 0 Å². The highest BCUT2D eigenvalue weighted by Crippen LogP contribution is 2.39. The summed E-state index contributed by atoms with van der Waals surface area (Å²) in [5.41, 5.74) is 1.69. The number of hydrogen-bond acceptors (Lipinski definition) is 6. The first-order valence-corrected chi connectivity index (χ1v) is 11.5. The van der Waals surface area contributed by atoms with Gasteiger partial charge in [-0.25, -0.2) is 9.78 Å². The maximum absolute atomic E-state index is 11.8. The number of hydrogen-bond donors (Lipinski definition) is 2. The van der Waals surface area contributed by atoms with Crippen LogP contribution >= 0.6 is 27.7 Å². The molecule has 0 aliphatic rings. The predicted octanol–water partition coefficient (Wildman–Crippen LogP) is 5.83. The Balaban J connectivity index is 1.60. The van der Waals surface area contributed by atoms with Crippen molar-refractivity contribution in [3.8, 4) is 11.5 Å². The maximum Gasteiger partial charge on any atom is 0.342 e. The zero-order chi connectivity index (χ0) is 23.4. The number of carbonyl (C=O) groups is 1. The molecule has 9 heteroatoms. The molecular weight excluding hydrogens is 506 g/mol. The summed E-state index contributed by atoms with van der Waals surface area (Å²) >= 11 is 4.51. The molecule has 0 saturated carbocycles. The topological polar surface area (TPSA) is 97.3 Å². The van der Waals surface area contributed by atoms with Gasteiger partial charge in [-0.3, -0.25) is 5.10 Å². The highest BCUT2D eigenvalue weighted by Gasteiger charge is 2.16. The molecule has 0 aliphatic heterocycles. The van der Waals surface area contributed by atoms with Gasteiger partial charge >= 0.3 is 5.97 Å². The van der Waals surface area contributed by atoms with Gasteiger partial charge in [0.2, 0.25) is 5.16 Å². The van der Waals surface area contributed by atoms with Crippen molar-refractivity contribution in [2.24, 2.45) is 0 Å². The zero-order valence-electron chi connectivity index (χ0n) is 17.8. The fraction of sp³-hybridized carbons (Fsp3) is 0.125. The Morgan fingerprint density at radius 3 is 2.73 bits per heavy atom. The number of benzene rings is 3. The van der Waals surface area contributed by atoms with E-state index in [4.69, 9.17) is 9.47 Å². The molecule has 0 unspecified atom stereocenters. The van der Waals surface area contributed by atoms with E-state index in [1.165, 1.54) is 0 Å². The minimum Gasteiger partial charge on any atom is -0.493 e. The van der Waals surface area contributed by atoms with Crippen molar-refractivity contribution in [1.82, 2.24) is 15.2 Å². The van der Waals surface area contributed by atoms with Crippen LogP contribution in [0.25, 0.3) is 16.8 Å². The summed E-state index contributed by atoms with van der Waals surface area (Å²) in [5, 5.41) is 18.9. The van der Waals surface area contributed by atoms with E-state index in [9.17, 15) is 9.90 Å². The first kappa shape index (κ1) is 22.9. The van der Waals surface area contributed by atoms with Crippen LogP contribution in [0.1, 0.15) is 17.0 Å². The SMILES string of the molecule is COc1cc(/C=C(\Sc2n[nH]c(C)n2)C(=O)O)cc(Br)c1OCc1cccc2ccccc12. The molecule has 0 bridgehead atoms. The standard InChI is InChI=1S/C24H20BrN3O4S/c1-14-26-24(28-27-14)33-21(23(29)30)12-15-10-19(25)22(20(11-15)31-2)32-13-17-8-5-7-16-6-3-4-9-18(16)17/h3-12H,13H2,1-2H3,(H,29,30)(H,26,27,28)/b21-12-. The molecular formula is C24H20BrN3O4S. The molecule has 3 aromatic carbocycles. The van der Waals surface area contributed by atoms with Crippen molar-refractivity contribution in [2.45, 2.75) is 18.7 Å². The zero-order valence-corrected chi connectivity index (χ0v) is 20.2. The summed E-state index contributed by atoms with van der Waals surface area (Å²) in [6, 6.07) is 17.7. The van der Waals surface area contributed by atoms with E-state index in [2.05, 4.69) is 49.3 Å². The van der Waals surface area contributed by atoms with Gasteiger partial charge in [0.25, 0.3) is 0 Å². The number of H-pyrrole nitrogens is 1. The minimum absolute atomic E-state index is 0.0763. The molecule has 0 spiro atoms. The molecule has 168 valence electrons. The molecule has 7 nitrogen and oxygen atoms in total. The number of carboxylic acid groups (broad SMARTS) is 1. The number of aryl methyl sites for hydroxylation is 1. The van der Waals surface area contributed by atoms with Gasteiger partial charge in [-0.15, -0.1) is 5.10 Å². The Bertz CT molecular complexity index is 1350. The molecule has 4 aromatic rings. The van der Waals surface area contributed by atoms with Crippen molar-refractivity contribution in [1.29, 1.82) is 0 Å². The van der Waals surface area contributed by atoms with E-state index in [-0.39, 0.29) is 4.91 Å². The second kappa shape index (κ2) is 10.1. The van der Waals surface area contributed by atoms with Crippen LogP contribution in [-0.2, 0) is 11.4 Å². The van der Waals surface area contributed by atoms with Crippen molar-refractivity contribution in [3.05, 3.63) is 80.9 Å². The van der Waals surface area contributed by atoms with Crippen LogP contribution in [-0.4, -0.2) is 33.4 Å². The van der Waals surface area contributed by atoms with Gasteiger partial charge in [-0.2, -0.15) is 0 Å². The lowest BCUT2D eigenvalue weighted by atomic mass is 10.1. The molecule has 0 aliphatic carbocycles. The van der Waals surface area contributed by atoms with Gasteiger partial charge in [0.1, 0.15) is 17.3 Å². The van der Waals surface area contributed by atoms with Crippen molar-refractivity contribution in [2.75, 3.05) is 7.11 Å². The molecule has 2 N–H and O–H groups in total. The summed E-state index contributed by atoms with van der Waals surface area (Å²) in [6.45, 7) is 2.10. The van der Waals surface area contributed by atoms with Gasteiger partial charge < -0.3 is 14.6 Å². The second-order valence-electron chi connectivity index (χ2n) is 7.08. The number of aliphatic carboxylic acids is 1. The minimum atomic E-state index is -1.08. The number of carboxylic acids is 1. The van der Waals surface area contributed by atoms with Crippen LogP contribution in [0.4, 0.5) is 0 Å². The van der Waals surface area contributed by atoms with Gasteiger partial charge in [0, 0.05) is 0 Å². The average Bonchev–Trinajstić information content (AvgIpc) is 3.22. The number of nitrogens with one attached hydrogen (secondary N) is 1. The van der Waals surface area contributed by atoms with E-state index in [0.717, 1.165) is 28.1 Å². The number of halogens is 1. The maximum atomic E-state index is 11.8. The summed E-state index contributed by atoms with van der Waals surface area (Å²) < 4.78 is 12.3. The lowest BCUT2D eigenvalue weighted by molar-refractivity contribution is -0.131. The van der Waals surface area contributed by atoms with Crippen LogP contribution in [0.2, 0.25) is 0 Å². The van der Waals surface area contributed by atoms with Gasteiger partial charge in [-0.1, -0.05) is 42.5 Å². The normalized spacial score (nSPS) is 11.5. The third-order valence-electron chi connectivity index (χ3n) is 4.79. The number of nitrogens with zero attached hydrogens (tertiary/aromatic N) is 2. The quantitative estimate of drug-likeness (QED) is 0.220. The number of ether oxygens (including phenoxy) is 2. The van der Waals surface area contributed by atoms with Crippen LogP contribution in [0.15, 0.2) is 69.1 Å². The van der Waals surface area contributed by atoms with Crippen molar-refractivity contribution < 1.29 is 19.4 Å². The monoisotopic (exact) mass is 525 g/mol. The van der Waals surface area contributed by atoms with Gasteiger partial charge in [0.15, 0.2) is 11.5 Å². The Kier molecular flexibility index (Phi) is 7.00. The van der Waals surface area contributed by atoms with Gasteiger partial charge in [0.05, 0.1) is 11.6 Å². The van der Waals surface area contributed by atoms with Crippen molar-refractivity contribution in [3.63, 3.8) is 0 Å². The van der Waals surface area contributed by atoms with E-state index in [0.29, 0.717) is 39.1 Å². The molecule has 0 atom stereocenters. The number of thioether (sulfide) groups is 1. The number of fused-ring (bicyclic) bond motifs is 1. The predicted molar refractivity (Wildman–Crippen MR) is 132 cm³/mol. The summed E-state index contributed by atoms with van der Waals surface area (Å²) in [4.78, 5) is 16.0. The average molecular weight is 526 g/mol. The smallest absolute Gasteiger partial charge is 0.342 e. The van der Waals surface area contributed by atoms with Crippen molar-refractivity contribution >= 4 is 50.5 Å². The van der Waals surface area contributed by atoms with E-state index >= 15 is 0 Å². The summed E-state index contributed by atoms with van der Waals surface area (Å²) in [5.74, 6) is 0.559. The lowest BCUT2D eigenvalue weighted by Crippen LogP contribution is -2.00. The highest BCUT2D eigenvalue weighted by atomic mass is 79.9. The molecule has 33 heavy (non-hydrogen) atoms. The third-order valence-corrected chi connectivity index (χ3v) is 6.26. The fourth-order valence-corrected chi connectivity index (χ4v) is 4.61. The van der Waals surface area contributed by atoms with Gasteiger partial charge in [-0.05, 0) is 74.7 Å². The Hall–Kier alpha value is -3.30. The molecule has 0 saturated heterocycles. The fourth-order valence-electron chi connectivity index (χ4n) is 3.28. The van der Waals surface area contributed by atoms with Crippen LogP contribution in [0.5, 0.6) is 11.5 Å². The Morgan fingerprint density at radius 2 is 2.00 bits per heavy atom. The molecule has 0 radical (unpaired) electrons. The lowest BCUT2D eigenvalue weighted by Gasteiger charge is -2.15. The third kappa shape index (κ3) is 5.37. The number of rotatable bonds is 8. The molecule has 0 amide bonds. The number of aromatic nitrogens is 3. The first-order chi connectivity index (χ1) is 15.9.